The molecule has 1 aliphatic rings. The molecule has 1 aliphatic heterocycles. The van der Waals surface area contributed by atoms with Gasteiger partial charge in [0.25, 0.3) is 5.69 Å². The molecule has 0 bridgehead atoms. The van der Waals surface area contributed by atoms with Crippen molar-refractivity contribution in [1.29, 1.82) is 0 Å². The zero-order valence-corrected chi connectivity index (χ0v) is 13.1. The number of nitro groups is 1. The second kappa shape index (κ2) is 5.61. The lowest BCUT2D eigenvalue weighted by Crippen LogP contribution is -2.54. The quantitative estimate of drug-likeness (QED) is 0.665. The van der Waals surface area contributed by atoms with Crippen LogP contribution in [0.25, 0.3) is 0 Å². The van der Waals surface area contributed by atoms with Crippen molar-refractivity contribution in [2.45, 2.75) is 30.8 Å². The van der Waals surface area contributed by atoms with E-state index in [4.69, 9.17) is 0 Å². The third kappa shape index (κ3) is 3.51. The van der Waals surface area contributed by atoms with E-state index in [-0.39, 0.29) is 22.7 Å². The van der Waals surface area contributed by atoms with Crippen LogP contribution in [-0.4, -0.2) is 44.8 Å². The number of sulfone groups is 1. The Balaban J connectivity index is 2.46. The normalized spacial score (nSPS) is 23.1. The average Bonchev–Trinajstić information content (AvgIpc) is 2.35. The van der Waals surface area contributed by atoms with Crippen LogP contribution in [0.3, 0.4) is 0 Å². The summed E-state index contributed by atoms with van der Waals surface area (Å²) in [6.07, 6.45) is 1.04. The van der Waals surface area contributed by atoms with Gasteiger partial charge >= 0.3 is 0 Å². The first-order valence-electron chi connectivity index (χ1n) is 6.68. The summed E-state index contributed by atoms with van der Waals surface area (Å²) in [7, 11) is -3.46. The van der Waals surface area contributed by atoms with Crippen LogP contribution in [0.1, 0.15) is 13.8 Å². The summed E-state index contributed by atoms with van der Waals surface area (Å²) >= 11 is 0. The molecule has 0 spiro atoms. The number of nitrogens with zero attached hydrogens (tertiary/aromatic N) is 2. The molecule has 1 fully saturated rings. The predicted molar refractivity (Wildman–Crippen MR) is 80.5 cm³/mol. The fourth-order valence-electron chi connectivity index (χ4n) is 2.67. The number of nitrogens with one attached hydrogen (secondary N) is 1. The van der Waals surface area contributed by atoms with Gasteiger partial charge in [0.05, 0.1) is 9.82 Å². The van der Waals surface area contributed by atoms with E-state index in [0.717, 1.165) is 12.3 Å². The van der Waals surface area contributed by atoms with Crippen LogP contribution in [0, 0.1) is 10.1 Å². The number of hydrogen-bond donors (Lipinski definition) is 1. The Morgan fingerprint density at radius 3 is 2.33 bits per heavy atom. The van der Waals surface area contributed by atoms with Gasteiger partial charge in [-0.1, -0.05) is 0 Å². The third-order valence-electron chi connectivity index (χ3n) is 3.47. The Labute approximate surface area is 124 Å². The molecule has 2 unspecified atom stereocenters. The Morgan fingerprint density at radius 2 is 1.86 bits per heavy atom. The summed E-state index contributed by atoms with van der Waals surface area (Å²) in [5.74, 6) is 0. The SMILES string of the molecule is CC1CN(c2ccc(S(C)(=O)=O)cc2[N+](=O)[O-])CC(C)N1. The Hall–Kier alpha value is -1.67. The molecule has 116 valence electrons. The van der Waals surface area contributed by atoms with Crippen molar-refractivity contribution in [1.82, 2.24) is 5.32 Å². The van der Waals surface area contributed by atoms with Crippen LogP contribution in [0.5, 0.6) is 0 Å². The van der Waals surface area contributed by atoms with Gasteiger partial charge in [0, 0.05) is 37.5 Å². The minimum atomic E-state index is -3.46. The van der Waals surface area contributed by atoms with Gasteiger partial charge in [0.2, 0.25) is 0 Å². The highest BCUT2D eigenvalue weighted by atomic mass is 32.2. The van der Waals surface area contributed by atoms with Crippen LogP contribution in [0.15, 0.2) is 23.1 Å². The average molecular weight is 313 g/mol. The number of nitro benzene ring substituents is 1. The van der Waals surface area contributed by atoms with Gasteiger partial charge in [-0.25, -0.2) is 8.42 Å². The Morgan fingerprint density at radius 1 is 1.29 bits per heavy atom. The summed E-state index contributed by atoms with van der Waals surface area (Å²) in [5.41, 5.74) is 0.298. The molecule has 21 heavy (non-hydrogen) atoms. The predicted octanol–water partition coefficient (Wildman–Crippen LogP) is 1.18. The minimum Gasteiger partial charge on any atom is -0.363 e. The van der Waals surface area contributed by atoms with E-state index in [1.807, 2.05) is 18.7 Å². The van der Waals surface area contributed by atoms with Gasteiger partial charge in [-0.2, -0.15) is 0 Å². The maximum atomic E-state index is 11.6. The van der Waals surface area contributed by atoms with E-state index in [2.05, 4.69) is 5.32 Å². The van der Waals surface area contributed by atoms with Gasteiger partial charge in [-0.3, -0.25) is 10.1 Å². The van der Waals surface area contributed by atoms with Gasteiger partial charge in [0.1, 0.15) is 5.69 Å². The van der Waals surface area contributed by atoms with Crippen molar-refractivity contribution in [2.24, 2.45) is 0 Å². The van der Waals surface area contributed by atoms with Crippen molar-refractivity contribution in [3.8, 4) is 0 Å². The van der Waals surface area contributed by atoms with Gasteiger partial charge < -0.3 is 10.2 Å². The molecule has 0 aliphatic carbocycles. The lowest BCUT2D eigenvalue weighted by Gasteiger charge is -2.37. The zero-order chi connectivity index (χ0) is 15.8. The summed E-state index contributed by atoms with van der Waals surface area (Å²) in [5, 5.41) is 14.6. The van der Waals surface area contributed by atoms with Crippen molar-refractivity contribution in [3.05, 3.63) is 28.3 Å². The van der Waals surface area contributed by atoms with E-state index < -0.39 is 14.8 Å². The number of rotatable bonds is 3. The van der Waals surface area contributed by atoms with Crippen molar-refractivity contribution in [3.63, 3.8) is 0 Å². The van der Waals surface area contributed by atoms with E-state index >= 15 is 0 Å². The molecule has 2 rings (SSSR count). The lowest BCUT2D eigenvalue weighted by molar-refractivity contribution is -0.384. The Bertz CT molecular complexity index is 649. The van der Waals surface area contributed by atoms with E-state index in [1.54, 1.807) is 0 Å². The molecule has 2 atom stereocenters. The number of benzene rings is 1. The van der Waals surface area contributed by atoms with Gasteiger partial charge in [0.15, 0.2) is 9.84 Å². The van der Waals surface area contributed by atoms with Crippen LogP contribution in [0.4, 0.5) is 11.4 Å². The summed E-state index contributed by atoms with van der Waals surface area (Å²) in [4.78, 5) is 12.6. The van der Waals surface area contributed by atoms with E-state index in [9.17, 15) is 18.5 Å². The molecular weight excluding hydrogens is 294 g/mol. The molecule has 1 saturated heterocycles. The molecule has 1 aromatic rings. The monoisotopic (exact) mass is 313 g/mol. The molecule has 1 N–H and O–H groups in total. The number of hydrogen-bond acceptors (Lipinski definition) is 6. The van der Waals surface area contributed by atoms with Crippen LogP contribution in [-0.2, 0) is 9.84 Å². The minimum absolute atomic E-state index is 0.0332. The second-order valence-corrected chi connectivity index (χ2v) is 7.57. The van der Waals surface area contributed by atoms with Crippen LogP contribution in [0.2, 0.25) is 0 Å². The van der Waals surface area contributed by atoms with Gasteiger partial charge in [-0.15, -0.1) is 0 Å². The molecule has 0 amide bonds. The first kappa shape index (κ1) is 15.7. The fraction of sp³-hybridized carbons (Fsp3) is 0.538. The largest absolute Gasteiger partial charge is 0.363 e. The highest BCUT2D eigenvalue weighted by Crippen LogP contribution is 2.31. The van der Waals surface area contributed by atoms with Gasteiger partial charge in [-0.05, 0) is 26.0 Å². The molecule has 7 nitrogen and oxygen atoms in total. The molecule has 0 aromatic heterocycles. The molecule has 0 saturated carbocycles. The van der Waals surface area contributed by atoms with Crippen LogP contribution < -0.4 is 10.2 Å². The second-order valence-electron chi connectivity index (χ2n) is 5.55. The summed E-state index contributed by atoms with van der Waals surface area (Å²) in [6.45, 7) is 5.31. The smallest absolute Gasteiger partial charge is 0.293 e. The summed E-state index contributed by atoms with van der Waals surface area (Å²) < 4.78 is 23.1. The zero-order valence-electron chi connectivity index (χ0n) is 12.2. The third-order valence-corrected chi connectivity index (χ3v) is 4.58. The number of piperazine rings is 1. The molecule has 1 heterocycles. The standard InChI is InChI=1S/C13H19N3O4S/c1-9-7-15(8-10(2)14-9)12-5-4-11(21(3,19)20)6-13(12)16(17)18/h4-6,9-10,14H,7-8H2,1-3H3. The molecule has 8 heteroatoms. The van der Waals surface area contributed by atoms with Crippen LogP contribution >= 0.6 is 0 Å². The van der Waals surface area contributed by atoms with Crippen molar-refractivity contribution < 1.29 is 13.3 Å². The maximum Gasteiger partial charge on any atom is 0.293 e. The highest BCUT2D eigenvalue weighted by molar-refractivity contribution is 7.90. The number of anilines is 1. The maximum absolute atomic E-state index is 11.6. The highest BCUT2D eigenvalue weighted by Gasteiger charge is 2.27. The lowest BCUT2D eigenvalue weighted by atomic mass is 10.1. The fourth-order valence-corrected chi connectivity index (χ4v) is 3.31. The van der Waals surface area contributed by atoms with Crippen molar-refractivity contribution in [2.75, 3.05) is 24.2 Å². The Kier molecular flexibility index (Phi) is 4.20. The van der Waals surface area contributed by atoms with Crippen molar-refractivity contribution >= 4 is 21.2 Å². The summed E-state index contributed by atoms with van der Waals surface area (Å²) in [6, 6.07) is 4.52. The van der Waals surface area contributed by atoms with E-state index in [1.165, 1.54) is 12.1 Å². The molecular formula is C13H19N3O4S. The topological polar surface area (TPSA) is 92.5 Å². The molecule has 1 aromatic carbocycles. The first-order valence-corrected chi connectivity index (χ1v) is 8.57. The van der Waals surface area contributed by atoms with E-state index in [0.29, 0.717) is 18.8 Å². The first-order chi connectivity index (χ1) is 9.68. The molecule has 0 radical (unpaired) electrons.